The maximum atomic E-state index is 12.5. The van der Waals surface area contributed by atoms with E-state index in [1.54, 1.807) is 6.07 Å². The molecule has 30 heavy (non-hydrogen) atoms. The second kappa shape index (κ2) is 9.00. The molecule has 158 valence electrons. The fraction of sp³-hybridized carbons (Fsp3) is 0.440. The lowest BCUT2D eigenvalue weighted by atomic mass is 9.83. The Bertz CT molecular complexity index is 909. The van der Waals surface area contributed by atoms with Crippen LogP contribution >= 0.6 is 0 Å². The van der Waals surface area contributed by atoms with Crippen molar-refractivity contribution in [3.8, 4) is 0 Å². The van der Waals surface area contributed by atoms with Crippen molar-refractivity contribution in [2.75, 3.05) is 25.5 Å². The third-order valence-electron chi connectivity index (χ3n) is 6.60. The van der Waals surface area contributed by atoms with Crippen LogP contribution in [-0.4, -0.2) is 36.9 Å². The van der Waals surface area contributed by atoms with Crippen molar-refractivity contribution < 1.29 is 9.59 Å². The van der Waals surface area contributed by atoms with Crippen LogP contribution in [-0.2, 0) is 11.2 Å². The van der Waals surface area contributed by atoms with Crippen LogP contribution in [0, 0.1) is 11.8 Å². The number of likely N-dealkylation sites (tertiary alicyclic amines) is 1. The van der Waals surface area contributed by atoms with Crippen molar-refractivity contribution in [2.45, 2.75) is 38.6 Å². The van der Waals surface area contributed by atoms with Gasteiger partial charge in [0.2, 0.25) is 5.91 Å². The zero-order valence-corrected chi connectivity index (χ0v) is 17.9. The lowest BCUT2D eigenvalue weighted by Gasteiger charge is -2.34. The molecule has 2 aromatic carbocycles. The summed E-state index contributed by atoms with van der Waals surface area (Å²) < 4.78 is 0. The molecule has 1 fully saturated rings. The molecule has 0 radical (unpaired) electrons. The zero-order chi connectivity index (χ0) is 21.1. The number of aryl methyl sites for hydroxylation is 1. The summed E-state index contributed by atoms with van der Waals surface area (Å²) in [6, 6.07) is 15.4. The number of anilines is 1. The summed E-state index contributed by atoms with van der Waals surface area (Å²) in [6.45, 7) is 4.76. The van der Waals surface area contributed by atoms with Gasteiger partial charge < -0.3 is 15.5 Å². The van der Waals surface area contributed by atoms with E-state index in [1.807, 2.05) is 30.3 Å². The number of nitrogens with one attached hydrogen (secondary N) is 2. The first-order chi connectivity index (χ1) is 14.5. The Morgan fingerprint density at radius 2 is 1.93 bits per heavy atom. The van der Waals surface area contributed by atoms with Crippen LogP contribution in [0.4, 0.5) is 5.69 Å². The fourth-order valence-electron chi connectivity index (χ4n) is 4.82. The Kier molecular flexibility index (Phi) is 6.18. The molecule has 0 aliphatic carbocycles. The molecule has 4 rings (SSSR count). The lowest BCUT2D eigenvalue weighted by Crippen LogP contribution is -2.36. The minimum atomic E-state index is -0.260. The quantitative estimate of drug-likeness (QED) is 0.763. The fourth-order valence-corrected chi connectivity index (χ4v) is 4.82. The van der Waals surface area contributed by atoms with Crippen molar-refractivity contribution in [2.24, 2.45) is 11.8 Å². The molecule has 2 amide bonds. The highest BCUT2D eigenvalue weighted by atomic mass is 16.2. The summed E-state index contributed by atoms with van der Waals surface area (Å²) in [7, 11) is 2.21. The zero-order valence-electron chi connectivity index (χ0n) is 17.9. The van der Waals surface area contributed by atoms with E-state index in [4.69, 9.17) is 0 Å². The minimum absolute atomic E-state index is 0.0927. The van der Waals surface area contributed by atoms with Gasteiger partial charge in [-0.3, -0.25) is 9.59 Å². The summed E-state index contributed by atoms with van der Waals surface area (Å²) in [4.78, 5) is 26.9. The molecule has 1 saturated heterocycles. The number of amides is 2. The first-order valence-electron chi connectivity index (χ1n) is 11.0. The van der Waals surface area contributed by atoms with E-state index < -0.39 is 0 Å². The number of rotatable bonds is 6. The maximum Gasteiger partial charge on any atom is 0.252 e. The van der Waals surface area contributed by atoms with E-state index in [0.29, 0.717) is 5.56 Å². The van der Waals surface area contributed by atoms with Gasteiger partial charge in [-0.15, -0.1) is 0 Å². The molecule has 0 aromatic heterocycles. The average molecular weight is 406 g/mol. The molecule has 2 heterocycles. The number of benzene rings is 2. The molecule has 2 aliphatic heterocycles. The van der Waals surface area contributed by atoms with Crippen molar-refractivity contribution in [1.29, 1.82) is 0 Å². The van der Waals surface area contributed by atoms with Gasteiger partial charge >= 0.3 is 0 Å². The Hall–Kier alpha value is -2.66. The van der Waals surface area contributed by atoms with E-state index in [-0.39, 0.29) is 24.3 Å². The summed E-state index contributed by atoms with van der Waals surface area (Å²) in [6.07, 6.45) is 3.82. The predicted molar refractivity (Wildman–Crippen MR) is 119 cm³/mol. The summed E-state index contributed by atoms with van der Waals surface area (Å²) in [5.41, 5.74) is 3.68. The third-order valence-corrected chi connectivity index (χ3v) is 6.60. The minimum Gasteiger partial charge on any atom is -0.345 e. The van der Waals surface area contributed by atoms with Crippen molar-refractivity contribution in [3.63, 3.8) is 0 Å². The molecule has 3 atom stereocenters. The van der Waals surface area contributed by atoms with Gasteiger partial charge in [0.15, 0.2) is 0 Å². The van der Waals surface area contributed by atoms with Gasteiger partial charge in [-0.2, -0.15) is 0 Å². The van der Waals surface area contributed by atoms with Crippen LogP contribution in [0.5, 0.6) is 0 Å². The summed E-state index contributed by atoms with van der Waals surface area (Å²) in [5, 5.41) is 5.86. The Balaban J connectivity index is 1.27. The van der Waals surface area contributed by atoms with Crippen LogP contribution < -0.4 is 10.6 Å². The highest BCUT2D eigenvalue weighted by Crippen LogP contribution is 2.29. The second-order valence-corrected chi connectivity index (χ2v) is 8.89. The Morgan fingerprint density at radius 1 is 1.17 bits per heavy atom. The molecule has 0 spiro atoms. The highest BCUT2D eigenvalue weighted by Gasteiger charge is 2.29. The average Bonchev–Trinajstić information content (AvgIpc) is 3.04. The summed E-state index contributed by atoms with van der Waals surface area (Å²) in [5.74, 6) is 1.35. The van der Waals surface area contributed by atoms with Crippen LogP contribution in [0.25, 0.3) is 0 Å². The first-order valence-corrected chi connectivity index (χ1v) is 11.0. The molecule has 0 bridgehead atoms. The van der Waals surface area contributed by atoms with Gasteiger partial charge in [-0.25, -0.2) is 0 Å². The van der Waals surface area contributed by atoms with Crippen molar-refractivity contribution in [3.05, 3.63) is 65.2 Å². The van der Waals surface area contributed by atoms with Gasteiger partial charge in [0.05, 0.1) is 12.5 Å². The molecule has 0 saturated carbocycles. The monoisotopic (exact) mass is 405 g/mol. The number of hydrogen-bond donors (Lipinski definition) is 2. The van der Waals surface area contributed by atoms with E-state index in [0.717, 1.165) is 29.5 Å². The van der Waals surface area contributed by atoms with Gasteiger partial charge in [-0.05, 0) is 74.0 Å². The predicted octanol–water partition coefficient (Wildman–Crippen LogP) is 4.02. The van der Waals surface area contributed by atoms with Crippen LogP contribution in [0.2, 0.25) is 0 Å². The van der Waals surface area contributed by atoms with E-state index in [2.05, 4.69) is 41.6 Å². The van der Waals surface area contributed by atoms with Gasteiger partial charge in [-0.1, -0.05) is 37.3 Å². The molecule has 2 aromatic rings. The van der Waals surface area contributed by atoms with E-state index >= 15 is 0 Å². The first kappa shape index (κ1) is 20.6. The second-order valence-electron chi connectivity index (χ2n) is 8.89. The molecule has 2 aliphatic rings. The van der Waals surface area contributed by atoms with Gasteiger partial charge in [0, 0.05) is 17.8 Å². The normalized spacial score (nSPS) is 23.7. The largest absolute Gasteiger partial charge is 0.345 e. The number of hydrogen-bond acceptors (Lipinski definition) is 3. The van der Waals surface area contributed by atoms with Crippen molar-refractivity contribution >= 4 is 17.5 Å². The van der Waals surface area contributed by atoms with Gasteiger partial charge in [0.1, 0.15) is 0 Å². The van der Waals surface area contributed by atoms with Crippen LogP contribution in [0.1, 0.15) is 53.7 Å². The maximum absolute atomic E-state index is 12.5. The molecular formula is C25H31N3O2. The van der Waals surface area contributed by atoms with Crippen LogP contribution in [0.3, 0.4) is 0 Å². The lowest BCUT2D eigenvalue weighted by molar-refractivity contribution is -0.116. The molecule has 2 N–H and O–H groups in total. The molecular weight excluding hydrogens is 374 g/mol. The third kappa shape index (κ3) is 4.73. The number of carbonyl (C=O) groups excluding carboxylic acids is 2. The standard InChI is InChI=1S/C25H31N3O2/c1-17-16-28(2)14-13-19(17)10-7-18-8-11-20(12-9-18)26-24(29)15-23-21-5-3-4-6-22(21)25(30)27-23/h3-6,8-9,11-12,17,19,23H,7,10,13-16H2,1-2H3,(H,26,29)(H,27,30)/t17-,19-,23+/m0/s1. The molecule has 5 heteroatoms. The van der Waals surface area contributed by atoms with Gasteiger partial charge in [0.25, 0.3) is 5.91 Å². The Labute approximate surface area is 178 Å². The topological polar surface area (TPSA) is 61.4 Å². The molecule has 0 unspecified atom stereocenters. The van der Waals surface area contributed by atoms with Crippen molar-refractivity contribution in [1.82, 2.24) is 10.2 Å². The molecule has 5 nitrogen and oxygen atoms in total. The highest BCUT2D eigenvalue weighted by molar-refractivity contribution is 6.00. The van der Waals surface area contributed by atoms with Crippen LogP contribution in [0.15, 0.2) is 48.5 Å². The number of carbonyl (C=O) groups is 2. The SMILES string of the molecule is C[C@H]1CN(C)CC[C@@H]1CCc1ccc(NC(=O)C[C@H]2NC(=O)c3ccccc32)cc1. The number of fused-ring (bicyclic) bond motifs is 1. The summed E-state index contributed by atoms with van der Waals surface area (Å²) >= 11 is 0. The van der Waals surface area contributed by atoms with E-state index in [9.17, 15) is 9.59 Å². The number of piperidine rings is 1. The van der Waals surface area contributed by atoms with E-state index in [1.165, 1.54) is 31.5 Å². The smallest absolute Gasteiger partial charge is 0.252 e. The Morgan fingerprint density at radius 3 is 2.70 bits per heavy atom. The number of nitrogens with zero attached hydrogens (tertiary/aromatic N) is 1.